The van der Waals surface area contributed by atoms with Crippen molar-refractivity contribution in [3.63, 3.8) is 0 Å². The number of halogens is 1. The van der Waals surface area contributed by atoms with Gasteiger partial charge in [-0.3, -0.25) is 4.79 Å². The Bertz CT molecular complexity index is 795. The quantitative estimate of drug-likeness (QED) is 0.724. The van der Waals surface area contributed by atoms with Crippen LogP contribution in [0.3, 0.4) is 0 Å². The van der Waals surface area contributed by atoms with E-state index in [1.165, 1.54) is 12.1 Å². The van der Waals surface area contributed by atoms with E-state index in [2.05, 4.69) is 0 Å². The third-order valence-electron chi connectivity index (χ3n) is 3.73. The lowest BCUT2D eigenvalue weighted by atomic mass is 10.2. The number of hydrogen-bond acceptors (Lipinski definition) is 1. The molecule has 0 N–H and O–H groups in total. The minimum Gasteiger partial charge on any atom is -0.340 e. The number of hydrogen-bond donors (Lipinski definition) is 0. The SMILES string of the molecule is CN(Cc1ccccc1)C(=O)Cn1ccc2cc(F)ccc21. The second-order valence-electron chi connectivity index (χ2n) is 5.38. The fraction of sp³-hybridized carbons (Fsp3) is 0.167. The first-order valence-electron chi connectivity index (χ1n) is 7.16. The highest BCUT2D eigenvalue weighted by Gasteiger charge is 2.11. The zero-order valence-electron chi connectivity index (χ0n) is 12.4. The molecule has 2 aromatic carbocycles. The predicted octanol–water partition coefficient (Wildman–Crippen LogP) is 3.44. The smallest absolute Gasteiger partial charge is 0.242 e. The van der Waals surface area contributed by atoms with E-state index in [-0.39, 0.29) is 18.3 Å². The van der Waals surface area contributed by atoms with Crippen LogP contribution < -0.4 is 0 Å². The van der Waals surface area contributed by atoms with Crippen molar-refractivity contribution in [3.8, 4) is 0 Å². The molecule has 1 aromatic heterocycles. The van der Waals surface area contributed by atoms with Gasteiger partial charge in [0.05, 0.1) is 0 Å². The average molecular weight is 296 g/mol. The van der Waals surface area contributed by atoms with Crippen LogP contribution in [0.25, 0.3) is 10.9 Å². The molecule has 0 aliphatic carbocycles. The number of carbonyl (C=O) groups excluding carboxylic acids is 1. The van der Waals surface area contributed by atoms with E-state index in [1.54, 1.807) is 18.0 Å². The summed E-state index contributed by atoms with van der Waals surface area (Å²) in [6.07, 6.45) is 1.82. The standard InChI is InChI=1S/C18H17FN2O/c1-20(12-14-5-3-2-4-6-14)18(22)13-21-10-9-15-11-16(19)7-8-17(15)21/h2-11H,12-13H2,1H3. The fourth-order valence-electron chi connectivity index (χ4n) is 2.52. The molecule has 0 radical (unpaired) electrons. The molecule has 0 saturated heterocycles. The van der Waals surface area contributed by atoms with Crippen LogP contribution in [0.15, 0.2) is 60.8 Å². The van der Waals surface area contributed by atoms with Crippen LogP contribution in [0.2, 0.25) is 0 Å². The molecular formula is C18H17FN2O. The second-order valence-corrected chi connectivity index (χ2v) is 5.38. The van der Waals surface area contributed by atoms with Crippen LogP contribution >= 0.6 is 0 Å². The Morgan fingerprint density at radius 1 is 1.14 bits per heavy atom. The highest BCUT2D eigenvalue weighted by Crippen LogP contribution is 2.17. The van der Waals surface area contributed by atoms with E-state index in [0.717, 1.165) is 16.5 Å². The van der Waals surface area contributed by atoms with Gasteiger partial charge in [-0.1, -0.05) is 30.3 Å². The van der Waals surface area contributed by atoms with E-state index >= 15 is 0 Å². The Balaban J connectivity index is 1.72. The van der Waals surface area contributed by atoms with Gasteiger partial charge >= 0.3 is 0 Å². The summed E-state index contributed by atoms with van der Waals surface area (Å²) in [5, 5.41) is 0.804. The van der Waals surface area contributed by atoms with E-state index in [4.69, 9.17) is 0 Å². The average Bonchev–Trinajstić information content (AvgIpc) is 2.90. The Labute approximate surface area is 128 Å². The van der Waals surface area contributed by atoms with Crippen molar-refractivity contribution in [2.75, 3.05) is 7.05 Å². The summed E-state index contributed by atoms with van der Waals surface area (Å²) >= 11 is 0. The molecular weight excluding hydrogens is 279 g/mol. The molecule has 0 unspecified atom stereocenters. The first kappa shape index (κ1) is 14.3. The predicted molar refractivity (Wildman–Crippen MR) is 84.8 cm³/mol. The number of fused-ring (bicyclic) bond motifs is 1. The Morgan fingerprint density at radius 3 is 2.68 bits per heavy atom. The van der Waals surface area contributed by atoms with Crippen LogP contribution in [0.4, 0.5) is 4.39 Å². The van der Waals surface area contributed by atoms with Crippen LogP contribution in [-0.2, 0) is 17.9 Å². The van der Waals surface area contributed by atoms with Gasteiger partial charge in [-0.15, -0.1) is 0 Å². The molecule has 0 fully saturated rings. The molecule has 0 saturated carbocycles. The number of carbonyl (C=O) groups is 1. The van der Waals surface area contributed by atoms with Gasteiger partial charge in [0, 0.05) is 30.7 Å². The number of likely N-dealkylation sites (N-methyl/N-ethyl adjacent to an activating group) is 1. The summed E-state index contributed by atoms with van der Waals surface area (Å²) in [7, 11) is 1.79. The summed E-state index contributed by atoms with van der Waals surface area (Å²) in [4.78, 5) is 14.1. The Morgan fingerprint density at radius 2 is 1.91 bits per heavy atom. The molecule has 22 heavy (non-hydrogen) atoms. The topological polar surface area (TPSA) is 25.2 Å². The van der Waals surface area contributed by atoms with Gasteiger partial charge in [0.25, 0.3) is 0 Å². The van der Waals surface area contributed by atoms with Gasteiger partial charge in [0.2, 0.25) is 5.91 Å². The van der Waals surface area contributed by atoms with Gasteiger partial charge in [-0.2, -0.15) is 0 Å². The van der Waals surface area contributed by atoms with Gasteiger partial charge in [-0.25, -0.2) is 4.39 Å². The molecule has 3 nitrogen and oxygen atoms in total. The third kappa shape index (κ3) is 3.01. The van der Waals surface area contributed by atoms with Crippen molar-refractivity contribution >= 4 is 16.8 Å². The Hall–Kier alpha value is -2.62. The van der Waals surface area contributed by atoms with E-state index in [9.17, 15) is 9.18 Å². The number of amides is 1. The summed E-state index contributed by atoms with van der Waals surface area (Å²) in [6.45, 7) is 0.825. The zero-order valence-corrected chi connectivity index (χ0v) is 12.4. The number of benzene rings is 2. The molecule has 0 bridgehead atoms. The molecule has 112 valence electrons. The molecule has 1 amide bonds. The van der Waals surface area contributed by atoms with Gasteiger partial charge in [-0.05, 0) is 29.8 Å². The second kappa shape index (κ2) is 6.02. The van der Waals surface area contributed by atoms with Crippen LogP contribution in [0, 0.1) is 5.82 Å². The van der Waals surface area contributed by atoms with Crippen LogP contribution in [0.1, 0.15) is 5.56 Å². The van der Waals surface area contributed by atoms with Gasteiger partial charge in [0.1, 0.15) is 12.4 Å². The summed E-state index contributed by atoms with van der Waals surface area (Å²) < 4.78 is 15.0. The monoisotopic (exact) mass is 296 g/mol. The van der Waals surface area contributed by atoms with E-state index in [1.807, 2.05) is 47.2 Å². The third-order valence-corrected chi connectivity index (χ3v) is 3.73. The number of aromatic nitrogens is 1. The lowest BCUT2D eigenvalue weighted by Gasteiger charge is -2.18. The summed E-state index contributed by atoms with van der Waals surface area (Å²) in [5.74, 6) is -0.247. The molecule has 0 spiro atoms. The lowest BCUT2D eigenvalue weighted by Crippen LogP contribution is -2.29. The van der Waals surface area contributed by atoms with Crippen molar-refractivity contribution in [2.24, 2.45) is 0 Å². The molecule has 0 aliphatic heterocycles. The maximum absolute atomic E-state index is 13.2. The number of nitrogens with zero attached hydrogens (tertiary/aromatic N) is 2. The molecule has 3 rings (SSSR count). The highest BCUT2D eigenvalue weighted by atomic mass is 19.1. The van der Waals surface area contributed by atoms with Crippen molar-refractivity contribution in [3.05, 3.63) is 72.2 Å². The molecule has 4 heteroatoms. The highest BCUT2D eigenvalue weighted by molar-refractivity contribution is 5.83. The summed E-state index contributed by atoms with van der Waals surface area (Å²) in [5.41, 5.74) is 1.96. The normalized spacial score (nSPS) is 10.8. The fourth-order valence-corrected chi connectivity index (χ4v) is 2.52. The largest absolute Gasteiger partial charge is 0.340 e. The van der Waals surface area contributed by atoms with Crippen molar-refractivity contribution < 1.29 is 9.18 Å². The molecule has 3 aromatic rings. The lowest BCUT2D eigenvalue weighted by molar-refractivity contribution is -0.131. The minimum atomic E-state index is -0.266. The number of rotatable bonds is 4. The van der Waals surface area contributed by atoms with Gasteiger partial charge < -0.3 is 9.47 Å². The first-order valence-corrected chi connectivity index (χ1v) is 7.16. The van der Waals surface area contributed by atoms with E-state index < -0.39 is 0 Å². The van der Waals surface area contributed by atoms with Gasteiger partial charge in [0.15, 0.2) is 0 Å². The Kier molecular flexibility index (Phi) is 3.92. The minimum absolute atomic E-state index is 0.0191. The van der Waals surface area contributed by atoms with Crippen molar-refractivity contribution in [2.45, 2.75) is 13.1 Å². The van der Waals surface area contributed by atoms with Crippen molar-refractivity contribution in [1.29, 1.82) is 0 Å². The van der Waals surface area contributed by atoms with Crippen molar-refractivity contribution in [1.82, 2.24) is 9.47 Å². The zero-order chi connectivity index (χ0) is 15.5. The maximum Gasteiger partial charge on any atom is 0.242 e. The molecule has 0 aliphatic rings. The molecule has 0 atom stereocenters. The van der Waals surface area contributed by atoms with E-state index in [0.29, 0.717) is 6.54 Å². The summed E-state index contributed by atoms with van der Waals surface area (Å²) in [6, 6.07) is 16.3. The first-order chi connectivity index (χ1) is 10.6. The maximum atomic E-state index is 13.2. The van der Waals surface area contributed by atoms with Crippen LogP contribution in [-0.4, -0.2) is 22.4 Å². The van der Waals surface area contributed by atoms with Crippen LogP contribution in [0.5, 0.6) is 0 Å². The molecule has 1 heterocycles.